The summed E-state index contributed by atoms with van der Waals surface area (Å²) < 4.78 is 12.4. The molecule has 1 aromatic carbocycles. The molecule has 0 N–H and O–H groups in total. The number of benzene rings is 1. The molecule has 3 aromatic rings. The van der Waals surface area contributed by atoms with Crippen LogP contribution in [0.15, 0.2) is 34.9 Å². The van der Waals surface area contributed by atoms with Gasteiger partial charge in [-0.05, 0) is 43.7 Å². The summed E-state index contributed by atoms with van der Waals surface area (Å²) in [4.78, 5) is 21.3. The molecule has 3 heterocycles. The molecule has 1 aliphatic rings. The predicted molar refractivity (Wildman–Crippen MR) is 134 cm³/mol. The third-order valence-electron chi connectivity index (χ3n) is 6.08. The van der Waals surface area contributed by atoms with Gasteiger partial charge in [-0.1, -0.05) is 30.1 Å². The summed E-state index contributed by atoms with van der Waals surface area (Å²) in [5, 5.41) is 9.17. The van der Waals surface area contributed by atoms with Crippen molar-refractivity contribution in [3.63, 3.8) is 0 Å². The number of hydrogen-bond donors (Lipinski definition) is 0. The van der Waals surface area contributed by atoms with E-state index in [1.165, 1.54) is 0 Å². The first-order valence-corrected chi connectivity index (χ1v) is 12.3. The third kappa shape index (κ3) is 6.10. The molecule has 1 saturated heterocycles. The van der Waals surface area contributed by atoms with E-state index in [2.05, 4.69) is 27.1 Å². The van der Waals surface area contributed by atoms with Crippen molar-refractivity contribution in [2.45, 2.75) is 39.8 Å². The van der Waals surface area contributed by atoms with Crippen LogP contribution in [0.25, 0.3) is 17.5 Å². The lowest BCUT2D eigenvalue weighted by molar-refractivity contribution is -0.127. The molecule has 1 amide bonds. The van der Waals surface area contributed by atoms with Crippen LogP contribution in [0.5, 0.6) is 5.75 Å². The van der Waals surface area contributed by atoms with Gasteiger partial charge in [0.2, 0.25) is 17.6 Å². The second kappa shape index (κ2) is 11.5. The van der Waals surface area contributed by atoms with Crippen LogP contribution < -0.4 is 4.74 Å². The lowest BCUT2D eigenvalue weighted by atomic mass is 10.2. The zero-order valence-electron chi connectivity index (χ0n) is 20.4. The van der Waals surface area contributed by atoms with E-state index in [1.807, 2.05) is 36.1 Å². The zero-order chi connectivity index (χ0) is 24.8. The normalized spacial score (nSPS) is 14.7. The van der Waals surface area contributed by atoms with Crippen LogP contribution >= 0.6 is 11.6 Å². The maximum Gasteiger partial charge on any atom is 0.246 e. The fourth-order valence-electron chi connectivity index (χ4n) is 3.97. The average molecular weight is 499 g/mol. The van der Waals surface area contributed by atoms with E-state index in [-0.39, 0.29) is 5.91 Å². The Kier molecular flexibility index (Phi) is 8.20. The number of ether oxygens (including phenoxy) is 1. The Bertz CT molecular complexity index is 1160. The molecule has 0 unspecified atom stereocenters. The van der Waals surface area contributed by atoms with Crippen LogP contribution in [0, 0.1) is 6.92 Å². The summed E-state index contributed by atoms with van der Waals surface area (Å²) in [7, 11) is 1.63. The standard InChI is InChI=1S/C25H31ClN6O3/c1-4-5-12-32-24(26)21(18(2)28-32)10-11-23(33)31-15-13-30(14-16-31)17-22-27-25(29-35-22)19-6-8-20(34-3)9-7-19/h6-11H,4-5,12-17H2,1-3H3/b11-10+. The number of methoxy groups -OCH3 is 1. The number of nitrogens with zero attached hydrogens (tertiary/aromatic N) is 6. The molecule has 0 atom stereocenters. The second-order valence-corrected chi connectivity index (χ2v) is 8.90. The minimum Gasteiger partial charge on any atom is -0.497 e. The monoisotopic (exact) mass is 498 g/mol. The van der Waals surface area contributed by atoms with E-state index >= 15 is 0 Å². The number of aryl methyl sites for hydroxylation is 2. The molecule has 1 aliphatic heterocycles. The molecule has 9 nitrogen and oxygen atoms in total. The van der Waals surface area contributed by atoms with Gasteiger partial charge in [-0.2, -0.15) is 10.1 Å². The maximum atomic E-state index is 12.7. The fraction of sp³-hybridized carbons (Fsp3) is 0.440. The van der Waals surface area contributed by atoms with Crippen molar-refractivity contribution in [1.82, 2.24) is 29.7 Å². The third-order valence-corrected chi connectivity index (χ3v) is 6.48. The van der Waals surface area contributed by atoms with E-state index in [1.54, 1.807) is 23.9 Å². The molecule has 0 spiro atoms. The molecule has 0 aliphatic carbocycles. The molecule has 35 heavy (non-hydrogen) atoms. The smallest absolute Gasteiger partial charge is 0.246 e. The average Bonchev–Trinajstić information content (AvgIpc) is 3.45. The van der Waals surface area contributed by atoms with Gasteiger partial charge >= 0.3 is 0 Å². The molecule has 0 bridgehead atoms. The van der Waals surface area contributed by atoms with E-state index in [0.717, 1.165) is 55.0 Å². The van der Waals surface area contributed by atoms with Crippen molar-refractivity contribution in [3.05, 3.63) is 52.6 Å². The minimum atomic E-state index is -0.0268. The highest BCUT2D eigenvalue weighted by atomic mass is 35.5. The van der Waals surface area contributed by atoms with Gasteiger partial charge in [0.05, 0.1) is 19.3 Å². The Morgan fingerprint density at radius 1 is 1.20 bits per heavy atom. The largest absolute Gasteiger partial charge is 0.497 e. The topological polar surface area (TPSA) is 89.5 Å². The Hall–Kier alpha value is -3.17. The van der Waals surface area contributed by atoms with Crippen molar-refractivity contribution in [1.29, 1.82) is 0 Å². The molecule has 10 heteroatoms. The summed E-state index contributed by atoms with van der Waals surface area (Å²) >= 11 is 6.48. The number of amides is 1. The van der Waals surface area contributed by atoms with Crippen LogP contribution in [-0.4, -0.2) is 68.9 Å². The molecule has 186 valence electrons. The van der Waals surface area contributed by atoms with Crippen molar-refractivity contribution in [2.24, 2.45) is 0 Å². The first-order chi connectivity index (χ1) is 17.0. The van der Waals surface area contributed by atoms with Gasteiger partial charge in [0.15, 0.2) is 0 Å². The van der Waals surface area contributed by atoms with Crippen molar-refractivity contribution < 1.29 is 14.1 Å². The Morgan fingerprint density at radius 2 is 1.94 bits per heavy atom. The fourth-order valence-corrected chi connectivity index (χ4v) is 4.29. The minimum absolute atomic E-state index is 0.0268. The molecule has 2 aromatic heterocycles. The molecule has 0 saturated carbocycles. The van der Waals surface area contributed by atoms with Crippen LogP contribution in [0.2, 0.25) is 5.15 Å². The number of aromatic nitrogens is 4. The predicted octanol–water partition coefficient (Wildman–Crippen LogP) is 4.06. The SMILES string of the molecule is CCCCn1nc(C)c(/C=C/C(=O)N2CCN(Cc3nc(-c4ccc(OC)cc4)no3)CC2)c1Cl. The van der Waals surface area contributed by atoms with E-state index in [9.17, 15) is 4.79 Å². The zero-order valence-corrected chi connectivity index (χ0v) is 21.2. The second-order valence-electron chi connectivity index (χ2n) is 8.54. The van der Waals surface area contributed by atoms with Gasteiger partial charge in [0.25, 0.3) is 0 Å². The Morgan fingerprint density at radius 3 is 2.63 bits per heavy atom. The number of piperazine rings is 1. The summed E-state index contributed by atoms with van der Waals surface area (Å²) in [6.45, 7) is 8.09. The first kappa shape index (κ1) is 24.9. The number of rotatable bonds is 9. The first-order valence-electron chi connectivity index (χ1n) is 11.9. The summed E-state index contributed by atoms with van der Waals surface area (Å²) in [6.07, 6.45) is 5.45. The quantitative estimate of drug-likeness (QED) is 0.411. The molecule has 1 fully saturated rings. The summed E-state index contributed by atoms with van der Waals surface area (Å²) in [6, 6.07) is 7.53. The van der Waals surface area contributed by atoms with Crippen LogP contribution in [0.4, 0.5) is 0 Å². The number of hydrogen-bond acceptors (Lipinski definition) is 7. The number of unbranched alkanes of at least 4 members (excludes halogenated alkanes) is 1. The van der Waals surface area contributed by atoms with Crippen molar-refractivity contribution in [2.75, 3.05) is 33.3 Å². The Labute approximate surface area is 210 Å². The van der Waals surface area contributed by atoms with Crippen LogP contribution in [0.1, 0.15) is 36.9 Å². The van der Waals surface area contributed by atoms with Gasteiger partial charge < -0.3 is 14.2 Å². The van der Waals surface area contributed by atoms with Gasteiger partial charge in [0.1, 0.15) is 10.9 Å². The summed E-state index contributed by atoms with van der Waals surface area (Å²) in [5.41, 5.74) is 2.50. The highest BCUT2D eigenvalue weighted by Crippen LogP contribution is 2.23. The van der Waals surface area contributed by atoms with Gasteiger partial charge in [-0.3, -0.25) is 14.4 Å². The van der Waals surface area contributed by atoms with E-state index in [4.69, 9.17) is 20.9 Å². The van der Waals surface area contributed by atoms with Gasteiger partial charge in [-0.15, -0.1) is 0 Å². The van der Waals surface area contributed by atoms with E-state index in [0.29, 0.717) is 36.5 Å². The maximum absolute atomic E-state index is 12.7. The molecule has 0 radical (unpaired) electrons. The number of halogens is 1. The number of carbonyl (C=O) groups excluding carboxylic acids is 1. The lowest BCUT2D eigenvalue weighted by Crippen LogP contribution is -2.47. The highest BCUT2D eigenvalue weighted by Gasteiger charge is 2.22. The van der Waals surface area contributed by atoms with Crippen molar-refractivity contribution >= 4 is 23.6 Å². The lowest BCUT2D eigenvalue weighted by Gasteiger charge is -2.33. The molecular weight excluding hydrogens is 468 g/mol. The molecular formula is C25H31ClN6O3. The Balaban J connectivity index is 1.28. The van der Waals surface area contributed by atoms with Gasteiger partial charge in [-0.25, -0.2) is 0 Å². The van der Waals surface area contributed by atoms with Crippen LogP contribution in [0.3, 0.4) is 0 Å². The van der Waals surface area contributed by atoms with Crippen molar-refractivity contribution in [3.8, 4) is 17.1 Å². The molecule has 4 rings (SSSR count). The highest BCUT2D eigenvalue weighted by molar-refractivity contribution is 6.31. The van der Waals surface area contributed by atoms with E-state index < -0.39 is 0 Å². The number of carbonyl (C=O) groups is 1. The van der Waals surface area contributed by atoms with Gasteiger partial charge in [0, 0.05) is 49.9 Å². The summed E-state index contributed by atoms with van der Waals surface area (Å²) in [5.74, 6) is 1.86. The van der Waals surface area contributed by atoms with Crippen LogP contribution in [-0.2, 0) is 17.9 Å².